The number of oxazole rings is 1. The van der Waals surface area contributed by atoms with Gasteiger partial charge in [0.1, 0.15) is 12.1 Å². The Kier molecular flexibility index (Phi) is 10.9. The lowest BCUT2D eigenvalue weighted by atomic mass is 10.1. The number of carbonyl (C=O) groups excluding carboxylic acids is 4. The van der Waals surface area contributed by atoms with Gasteiger partial charge in [-0.25, -0.2) is 4.98 Å². The number of amides is 4. The second-order valence-electron chi connectivity index (χ2n) is 14.4. The van der Waals surface area contributed by atoms with E-state index in [1.54, 1.807) is 54.7 Å². The summed E-state index contributed by atoms with van der Waals surface area (Å²) in [5.74, 6) is -0.287. The van der Waals surface area contributed by atoms with Gasteiger partial charge in [-0.2, -0.15) is 0 Å². The Morgan fingerprint density at radius 3 is 1.58 bits per heavy atom. The Bertz CT molecular complexity index is 2050. The van der Waals surface area contributed by atoms with Crippen molar-refractivity contribution < 1.29 is 33.8 Å². The number of aliphatic hydroxyl groups excluding tert-OH is 2. The summed E-state index contributed by atoms with van der Waals surface area (Å²) in [7, 11) is 0. The van der Waals surface area contributed by atoms with Crippen LogP contribution >= 0.6 is 0 Å². The summed E-state index contributed by atoms with van der Waals surface area (Å²) in [5, 5.41) is 26.4. The van der Waals surface area contributed by atoms with Crippen molar-refractivity contribution in [3.8, 4) is 22.8 Å². The molecule has 282 valence electrons. The first-order valence-corrected chi connectivity index (χ1v) is 18.3. The van der Waals surface area contributed by atoms with E-state index in [9.17, 15) is 29.4 Å². The van der Waals surface area contributed by atoms with Gasteiger partial charge in [-0.05, 0) is 73.5 Å². The molecule has 2 fully saturated rings. The molecule has 4 atom stereocenters. The fraction of sp³-hybridized carbons (Fsp3) is 0.279. The molecule has 0 bridgehead atoms. The molecule has 0 saturated carbocycles. The molecular weight excluding hydrogens is 699 g/mol. The number of likely N-dealkylation sites (tertiary alicyclic amines) is 2. The fourth-order valence-electron chi connectivity index (χ4n) is 7.28. The highest BCUT2D eigenvalue weighted by molar-refractivity contribution is 5.99. The van der Waals surface area contributed by atoms with E-state index in [0.29, 0.717) is 28.6 Å². The summed E-state index contributed by atoms with van der Waals surface area (Å²) in [4.78, 5) is 60.2. The highest BCUT2D eigenvalue weighted by Crippen LogP contribution is 2.29. The minimum atomic E-state index is -0.787. The molecule has 0 unspecified atom stereocenters. The van der Waals surface area contributed by atoms with Gasteiger partial charge in [-0.15, -0.1) is 0 Å². The Labute approximate surface area is 318 Å². The monoisotopic (exact) mass is 741 g/mol. The van der Waals surface area contributed by atoms with Crippen LogP contribution in [0.25, 0.3) is 22.8 Å². The van der Waals surface area contributed by atoms with Gasteiger partial charge in [0.25, 0.3) is 0 Å². The minimum Gasteiger partial charge on any atom is -0.436 e. The van der Waals surface area contributed by atoms with Crippen molar-refractivity contribution in [1.82, 2.24) is 14.8 Å². The molecule has 0 aliphatic carbocycles. The largest absolute Gasteiger partial charge is 0.436 e. The molecule has 4 amide bonds. The quantitative estimate of drug-likeness (QED) is 0.157. The first kappa shape index (κ1) is 37.2. The van der Waals surface area contributed by atoms with Gasteiger partial charge in [0, 0.05) is 48.4 Å². The molecule has 12 nitrogen and oxygen atoms in total. The Balaban J connectivity index is 0.940. The van der Waals surface area contributed by atoms with Crippen LogP contribution in [-0.2, 0) is 32.0 Å². The Morgan fingerprint density at radius 1 is 0.673 bits per heavy atom. The number of rotatable bonds is 10. The van der Waals surface area contributed by atoms with Gasteiger partial charge in [0.15, 0.2) is 5.76 Å². The summed E-state index contributed by atoms with van der Waals surface area (Å²) in [6.07, 6.45) is 0.668. The van der Waals surface area contributed by atoms with Crippen molar-refractivity contribution in [2.24, 2.45) is 0 Å². The van der Waals surface area contributed by atoms with E-state index in [4.69, 9.17) is 4.42 Å². The van der Waals surface area contributed by atoms with Gasteiger partial charge in [0.05, 0.1) is 31.2 Å². The van der Waals surface area contributed by atoms with E-state index in [1.165, 1.54) is 9.80 Å². The zero-order valence-corrected chi connectivity index (χ0v) is 30.6. The molecule has 55 heavy (non-hydrogen) atoms. The lowest BCUT2D eigenvalue weighted by Gasteiger charge is -2.24. The molecule has 2 aliphatic rings. The van der Waals surface area contributed by atoms with Crippen molar-refractivity contribution in [1.29, 1.82) is 0 Å². The van der Waals surface area contributed by atoms with E-state index >= 15 is 0 Å². The maximum absolute atomic E-state index is 13.3. The van der Waals surface area contributed by atoms with Crippen LogP contribution < -0.4 is 10.6 Å². The van der Waals surface area contributed by atoms with E-state index in [2.05, 4.69) is 15.6 Å². The number of anilines is 2. The zero-order valence-electron chi connectivity index (χ0n) is 30.6. The summed E-state index contributed by atoms with van der Waals surface area (Å²) in [5.41, 5.74) is 6.27. The van der Waals surface area contributed by atoms with Gasteiger partial charge in [-0.1, -0.05) is 59.7 Å². The van der Waals surface area contributed by atoms with Gasteiger partial charge in [0.2, 0.25) is 29.5 Å². The molecule has 0 spiro atoms. The highest BCUT2D eigenvalue weighted by Gasteiger charge is 2.40. The molecular formula is C43H43N5O7. The second kappa shape index (κ2) is 16.1. The summed E-state index contributed by atoms with van der Waals surface area (Å²) in [6.45, 7) is 4.12. The summed E-state index contributed by atoms with van der Waals surface area (Å²) in [6, 6.07) is 27.8. The van der Waals surface area contributed by atoms with E-state index < -0.39 is 24.3 Å². The van der Waals surface area contributed by atoms with Crippen molar-refractivity contribution in [2.45, 2.75) is 63.8 Å². The smallest absolute Gasteiger partial charge is 0.247 e. The van der Waals surface area contributed by atoms with E-state index in [0.717, 1.165) is 27.8 Å². The third kappa shape index (κ3) is 8.83. The maximum Gasteiger partial charge on any atom is 0.247 e. The SMILES string of the molecule is Cc1cccc(CC(=O)N2C[C@H](O)C[C@H]2C(=O)Nc2ccc(-c3cnc(-c4ccc(NC(=O)[C@@H]5C[C@@H](O)CN5C(=O)Cc5cccc(C)c5)cc4)o3)cc2)c1. The maximum atomic E-state index is 13.3. The number of nitrogens with one attached hydrogen (secondary N) is 2. The topological polar surface area (TPSA) is 165 Å². The van der Waals surface area contributed by atoms with Gasteiger partial charge in [-0.3, -0.25) is 19.2 Å². The lowest BCUT2D eigenvalue weighted by molar-refractivity contribution is -0.136. The van der Waals surface area contributed by atoms with E-state index in [-0.39, 0.29) is 62.4 Å². The van der Waals surface area contributed by atoms with Gasteiger partial charge < -0.3 is 35.1 Å². The summed E-state index contributed by atoms with van der Waals surface area (Å²) >= 11 is 0. The standard InChI is InChI=1S/C43H43N5O7/c1-26-5-3-7-28(17-26)19-39(51)47-24-34(49)21-36(47)41(53)45-32-13-9-30(10-14-32)38-23-44-43(55-38)31-11-15-33(16-12-31)46-42(54)37-22-35(50)25-48(37)40(52)20-29-8-4-6-27(2)18-29/h3-18,23,34-37,49-50H,19-22,24-25H2,1-2H3,(H,45,53)(H,46,54)/t34-,35-,36+,37+/m1/s1. The number of carbonyl (C=O) groups is 4. The first-order valence-electron chi connectivity index (χ1n) is 18.3. The summed E-state index contributed by atoms with van der Waals surface area (Å²) < 4.78 is 6.05. The molecule has 1 aromatic heterocycles. The molecule has 0 radical (unpaired) electrons. The van der Waals surface area contributed by atoms with Crippen LogP contribution in [0.4, 0.5) is 11.4 Å². The number of hydrogen-bond acceptors (Lipinski definition) is 8. The third-order valence-electron chi connectivity index (χ3n) is 10.0. The van der Waals surface area contributed by atoms with Crippen LogP contribution in [-0.4, -0.2) is 86.0 Å². The Hall–Kier alpha value is -6.11. The molecule has 5 aromatic rings. The number of aliphatic hydroxyl groups is 2. The number of nitrogens with zero attached hydrogens (tertiary/aromatic N) is 3. The molecule has 2 aliphatic heterocycles. The zero-order chi connectivity index (χ0) is 38.6. The number of aryl methyl sites for hydroxylation is 2. The average Bonchev–Trinajstić information content (AvgIpc) is 3.91. The first-order chi connectivity index (χ1) is 26.5. The molecule has 4 N–H and O–H groups in total. The van der Waals surface area contributed by atoms with Crippen molar-refractivity contribution in [3.63, 3.8) is 0 Å². The number of benzene rings is 4. The number of hydrogen-bond donors (Lipinski definition) is 4. The minimum absolute atomic E-state index is 0.104. The fourth-order valence-corrected chi connectivity index (χ4v) is 7.28. The molecule has 7 rings (SSSR count). The van der Waals surface area contributed by atoms with Crippen molar-refractivity contribution >= 4 is 35.0 Å². The van der Waals surface area contributed by atoms with Crippen LogP contribution in [0.15, 0.2) is 108 Å². The normalized spacial score (nSPS) is 19.3. The molecule has 4 aromatic carbocycles. The van der Waals surface area contributed by atoms with Crippen LogP contribution in [0, 0.1) is 13.8 Å². The van der Waals surface area contributed by atoms with E-state index in [1.807, 2.05) is 62.4 Å². The van der Waals surface area contributed by atoms with Crippen LogP contribution in [0.1, 0.15) is 35.1 Å². The van der Waals surface area contributed by atoms with Crippen molar-refractivity contribution in [3.05, 3.63) is 126 Å². The predicted octanol–water partition coefficient (Wildman–Crippen LogP) is 4.91. The van der Waals surface area contributed by atoms with Gasteiger partial charge >= 0.3 is 0 Å². The Morgan fingerprint density at radius 2 is 1.13 bits per heavy atom. The second-order valence-corrected chi connectivity index (χ2v) is 14.4. The van der Waals surface area contributed by atoms with Crippen LogP contribution in [0.3, 0.4) is 0 Å². The molecule has 3 heterocycles. The predicted molar refractivity (Wildman–Crippen MR) is 207 cm³/mol. The lowest BCUT2D eigenvalue weighted by Crippen LogP contribution is -2.43. The molecule has 12 heteroatoms. The number of aromatic nitrogens is 1. The highest BCUT2D eigenvalue weighted by atomic mass is 16.4. The van der Waals surface area contributed by atoms with Crippen molar-refractivity contribution in [2.75, 3.05) is 23.7 Å². The van der Waals surface area contributed by atoms with Crippen LogP contribution in [0.2, 0.25) is 0 Å². The third-order valence-corrected chi connectivity index (χ3v) is 10.0. The number of β-amino-alcohol motifs (C(OH)–C–C–N with tert-alkyl or cyclic N) is 2. The average molecular weight is 742 g/mol. The molecule has 2 saturated heterocycles. The van der Waals surface area contributed by atoms with Crippen LogP contribution in [0.5, 0.6) is 0 Å².